The maximum Gasteiger partial charge on any atom is 0.226 e. The van der Waals surface area contributed by atoms with Crippen LogP contribution in [-0.2, 0) is 4.79 Å². The molecule has 3 unspecified atom stereocenters. The molecule has 5 heteroatoms. The fourth-order valence-corrected chi connectivity index (χ4v) is 3.24. The van der Waals surface area contributed by atoms with Crippen molar-refractivity contribution in [2.75, 3.05) is 5.32 Å². The van der Waals surface area contributed by atoms with E-state index in [4.69, 9.17) is 10.5 Å². The molecule has 3 rings (SSSR count). The fourth-order valence-electron chi connectivity index (χ4n) is 3.24. The molecule has 138 valence electrons. The number of hydrogen-bond acceptors (Lipinski definition) is 4. The molecule has 26 heavy (non-hydrogen) atoms. The highest BCUT2D eigenvalue weighted by Crippen LogP contribution is 2.25. The molecule has 4 N–H and O–H groups in total. The van der Waals surface area contributed by atoms with Crippen molar-refractivity contribution in [1.29, 1.82) is 0 Å². The molecule has 1 saturated carbocycles. The summed E-state index contributed by atoms with van der Waals surface area (Å²) in [5.41, 5.74) is 7.73. The third-order valence-corrected chi connectivity index (χ3v) is 4.73. The van der Waals surface area contributed by atoms with Gasteiger partial charge in [-0.2, -0.15) is 0 Å². The van der Waals surface area contributed by atoms with Gasteiger partial charge in [0.15, 0.2) is 0 Å². The van der Waals surface area contributed by atoms with E-state index < -0.39 is 6.10 Å². The summed E-state index contributed by atoms with van der Waals surface area (Å²) in [6.07, 6.45) is 3.47. The van der Waals surface area contributed by atoms with E-state index >= 15 is 0 Å². The van der Waals surface area contributed by atoms with Crippen molar-refractivity contribution in [2.45, 2.75) is 50.4 Å². The Kier molecular flexibility index (Phi) is 6.26. The fraction of sp³-hybridized carbons (Fsp3) is 0.381. The molecule has 0 radical (unpaired) electrons. The van der Waals surface area contributed by atoms with Crippen molar-refractivity contribution in [2.24, 2.45) is 5.73 Å². The van der Waals surface area contributed by atoms with Crippen LogP contribution in [0.5, 0.6) is 5.75 Å². The van der Waals surface area contributed by atoms with Crippen LogP contribution in [0.2, 0.25) is 0 Å². The van der Waals surface area contributed by atoms with E-state index in [0.717, 1.165) is 31.2 Å². The zero-order chi connectivity index (χ0) is 18.4. The lowest BCUT2D eigenvalue weighted by atomic mass is 9.95. The van der Waals surface area contributed by atoms with Gasteiger partial charge in [0.2, 0.25) is 5.91 Å². The summed E-state index contributed by atoms with van der Waals surface area (Å²) in [7, 11) is 0. The first-order valence-corrected chi connectivity index (χ1v) is 9.17. The van der Waals surface area contributed by atoms with Crippen LogP contribution in [-0.4, -0.2) is 23.2 Å². The SMILES string of the molecule is NC(CC(=O)Nc1ccc(OC2CCCCC2O)cc1)c1ccccc1. The van der Waals surface area contributed by atoms with Crippen molar-refractivity contribution in [3.05, 3.63) is 60.2 Å². The minimum atomic E-state index is -0.400. The van der Waals surface area contributed by atoms with Crippen LogP contribution in [0.4, 0.5) is 5.69 Å². The number of carbonyl (C=O) groups is 1. The van der Waals surface area contributed by atoms with Gasteiger partial charge in [0.1, 0.15) is 11.9 Å². The third-order valence-electron chi connectivity index (χ3n) is 4.73. The highest BCUT2D eigenvalue weighted by atomic mass is 16.5. The normalized spacial score (nSPS) is 21.0. The Hall–Kier alpha value is -2.37. The number of amides is 1. The van der Waals surface area contributed by atoms with Gasteiger partial charge in [0.05, 0.1) is 6.10 Å². The number of ether oxygens (including phenoxy) is 1. The zero-order valence-corrected chi connectivity index (χ0v) is 14.8. The summed E-state index contributed by atoms with van der Waals surface area (Å²) in [6.45, 7) is 0. The number of aliphatic hydroxyl groups excluding tert-OH is 1. The first-order chi connectivity index (χ1) is 12.6. The molecule has 0 aromatic heterocycles. The van der Waals surface area contributed by atoms with Gasteiger partial charge in [-0.25, -0.2) is 0 Å². The van der Waals surface area contributed by atoms with Crippen LogP contribution >= 0.6 is 0 Å². The van der Waals surface area contributed by atoms with Gasteiger partial charge in [-0.3, -0.25) is 4.79 Å². The lowest BCUT2D eigenvalue weighted by molar-refractivity contribution is -0.116. The summed E-state index contributed by atoms with van der Waals surface area (Å²) in [5, 5.41) is 12.8. The number of nitrogens with two attached hydrogens (primary N) is 1. The smallest absolute Gasteiger partial charge is 0.226 e. The Labute approximate surface area is 154 Å². The van der Waals surface area contributed by atoms with E-state index in [1.165, 1.54) is 0 Å². The number of benzene rings is 2. The molecule has 2 aromatic carbocycles. The van der Waals surface area contributed by atoms with E-state index in [1.807, 2.05) is 42.5 Å². The lowest BCUT2D eigenvalue weighted by Crippen LogP contribution is -2.34. The zero-order valence-electron chi connectivity index (χ0n) is 14.8. The first-order valence-electron chi connectivity index (χ1n) is 9.17. The van der Waals surface area contributed by atoms with Gasteiger partial charge >= 0.3 is 0 Å². The van der Waals surface area contributed by atoms with E-state index in [1.54, 1.807) is 12.1 Å². The van der Waals surface area contributed by atoms with Crippen LogP contribution in [0.25, 0.3) is 0 Å². The quantitative estimate of drug-likeness (QED) is 0.742. The molecule has 1 amide bonds. The predicted octanol–water partition coefficient (Wildman–Crippen LogP) is 3.40. The molecular formula is C21H26N2O3. The summed E-state index contributed by atoms with van der Waals surface area (Å²) in [6, 6.07) is 16.5. The molecule has 1 aliphatic rings. The summed E-state index contributed by atoms with van der Waals surface area (Å²) in [4.78, 5) is 12.2. The van der Waals surface area contributed by atoms with Gasteiger partial charge in [0, 0.05) is 18.2 Å². The van der Waals surface area contributed by atoms with Crippen molar-refractivity contribution in [3.63, 3.8) is 0 Å². The standard InChI is InChI=1S/C21H26N2O3/c22-18(15-6-2-1-3-7-15)14-21(25)23-16-10-12-17(13-11-16)26-20-9-5-4-8-19(20)24/h1-3,6-7,10-13,18-20,24H,4-5,8-9,14,22H2,(H,23,25). The second kappa shape index (κ2) is 8.83. The molecule has 1 aliphatic carbocycles. The largest absolute Gasteiger partial charge is 0.488 e. The van der Waals surface area contributed by atoms with Crippen LogP contribution in [0.15, 0.2) is 54.6 Å². The topological polar surface area (TPSA) is 84.6 Å². The Morgan fingerprint density at radius 2 is 1.81 bits per heavy atom. The van der Waals surface area contributed by atoms with Crippen LogP contribution in [0.1, 0.15) is 43.7 Å². The van der Waals surface area contributed by atoms with Gasteiger partial charge in [0.25, 0.3) is 0 Å². The predicted molar refractivity (Wildman–Crippen MR) is 102 cm³/mol. The highest BCUT2D eigenvalue weighted by Gasteiger charge is 2.24. The maximum absolute atomic E-state index is 12.2. The molecule has 1 fully saturated rings. The minimum absolute atomic E-state index is 0.127. The van der Waals surface area contributed by atoms with Gasteiger partial charge < -0.3 is 20.9 Å². The molecule has 5 nitrogen and oxygen atoms in total. The van der Waals surface area contributed by atoms with Crippen molar-refractivity contribution in [3.8, 4) is 5.75 Å². The van der Waals surface area contributed by atoms with Crippen LogP contribution in [0.3, 0.4) is 0 Å². The monoisotopic (exact) mass is 354 g/mol. The molecular weight excluding hydrogens is 328 g/mol. The molecule has 0 aliphatic heterocycles. The van der Waals surface area contributed by atoms with E-state index in [9.17, 15) is 9.90 Å². The Balaban J connectivity index is 1.51. The van der Waals surface area contributed by atoms with E-state index in [0.29, 0.717) is 11.4 Å². The molecule has 0 spiro atoms. The van der Waals surface area contributed by atoms with Crippen LogP contribution < -0.4 is 15.8 Å². The van der Waals surface area contributed by atoms with Crippen LogP contribution in [0, 0.1) is 0 Å². The first kappa shape index (κ1) is 18.4. The average Bonchev–Trinajstić information content (AvgIpc) is 2.66. The van der Waals surface area contributed by atoms with Gasteiger partial charge in [-0.05, 0) is 49.1 Å². The summed E-state index contributed by atoms with van der Waals surface area (Å²) in [5.74, 6) is 0.577. The number of carbonyl (C=O) groups excluding carboxylic acids is 1. The third kappa shape index (κ3) is 5.07. The Morgan fingerprint density at radius 3 is 2.50 bits per heavy atom. The van der Waals surface area contributed by atoms with Gasteiger partial charge in [-0.15, -0.1) is 0 Å². The molecule has 0 bridgehead atoms. The summed E-state index contributed by atoms with van der Waals surface area (Å²) < 4.78 is 5.87. The number of hydrogen-bond donors (Lipinski definition) is 3. The molecule has 3 atom stereocenters. The number of nitrogens with one attached hydrogen (secondary N) is 1. The molecule has 0 heterocycles. The number of aliphatic hydroxyl groups is 1. The van der Waals surface area contributed by atoms with Crippen molar-refractivity contribution in [1.82, 2.24) is 0 Å². The lowest BCUT2D eigenvalue weighted by Gasteiger charge is -2.28. The van der Waals surface area contributed by atoms with Gasteiger partial charge in [-0.1, -0.05) is 36.8 Å². The van der Waals surface area contributed by atoms with E-state index in [-0.39, 0.29) is 24.5 Å². The molecule has 0 saturated heterocycles. The Morgan fingerprint density at radius 1 is 1.12 bits per heavy atom. The van der Waals surface area contributed by atoms with E-state index in [2.05, 4.69) is 5.32 Å². The Bertz CT molecular complexity index is 703. The molecule has 2 aromatic rings. The number of rotatable bonds is 6. The van der Waals surface area contributed by atoms with Crippen molar-refractivity contribution < 1.29 is 14.6 Å². The second-order valence-electron chi connectivity index (χ2n) is 6.80. The maximum atomic E-state index is 12.2. The second-order valence-corrected chi connectivity index (χ2v) is 6.80. The van der Waals surface area contributed by atoms with Crippen molar-refractivity contribution >= 4 is 11.6 Å². The summed E-state index contributed by atoms with van der Waals surface area (Å²) >= 11 is 0. The minimum Gasteiger partial charge on any atom is -0.488 e. The average molecular weight is 354 g/mol. The number of anilines is 1. The highest BCUT2D eigenvalue weighted by molar-refractivity contribution is 5.91.